The SMILES string of the molecule is CCC(NC(=O)NC(C)C1CCCC1)C(=O)O. The highest BCUT2D eigenvalue weighted by molar-refractivity contribution is 5.82. The molecule has 0 aromatic heterocycles. The van der Waals surface area contributed by atoms with Crippen LogP contribution in [0.2, 0.25) is 0 Å². The number of hydrogen-bond acceptors (Lipinski definition) is 2. The van der Waals surface area contributed by atoms with Crippen LogP contribution in [-0.4, -0.2) is 29.2 Å². The molecule has 2 atom stereocenters. The van der Waals surface area contributed by atoms with Gasteiger partial charge in [-0.25, -0.2) is 9.59 Å². The highest BCUT2D eigenvalue weighted by Gasteiger charge is 2.24. The van der Waals surface area contributed by atoms with Gasteiger partial charge in [0.15, 0.2) is 0 Å². The Hall–Kier alpha value is -1.26. The summed E-state index contributed by atoms with van der Waals surface area (Å²) in [6.45, 7) is 3.72. The maximum Gasteiger partial charge on any atom is 0.326 e. The van der Waals surface area contributed by atoms with Gasteiger partial charge in [0.2, 0.25) is 0 Å². The van der Waals surface area contributed by atoms with Crippen molar-refractivity contribution in [2.45, 2.75) is 58.0 Å². The normalized spacial score (nSPS) is 19.6. The van der Waals surface area contributed by atoms with E-state index in [2.05, 4.69) is 10.6 Å². The first-order chi connectivity index (χ1) is 8.04. The third-order valence-electron chi connectivity index (χ3n) is 3.48. The zero-order valence-corrected chi connectivity index (χ0v) is 10.5. The van der Waals surface area contributed by atoms with E-state index in [4.69, 9.17) is 5.11 Å². The highest BCUT2D eigenvalue weighted by Crippen LogP contribution is 2.27. The first kappa shape index (κ1) is 13.8. The third-order valence-corrected chi connectivity index (χ3v) is 3.48. The Labute approximate surface area is 102 Å². The number of carbonyl (C=O) groups excluding carboxylic acids is 1. The minimum Gasteiger partial charge on any atom is -0.480 e. The number of urea groups is 1. The van der Waals surface area contributed by atoms with E-state index in [-0.39, 0.29) is 12.1 Å². The molecule has 17 heavy (non-hydrogen) atoms. The third kappa shape index (κ3) is 4.24. The van der Waals surface area contributed by atoms with Crippen molar-refractivity contribution >= 4 is 12.0 Å². The first-order valence-corrected chi connectivity index (χ1v) is 6.34. The molecule has 0 aromatic carbocycles. The molecule has 2 amide bonds. The second-order valence-corrected chi connectivity index (χ2v) is 4.75. The largest absolute Gasteiger partial charge is 0.480 e. The molecular weight excluding hydrogens is 220 g/mol. The number of carboxylic acid groups (broad SMARTS) is 1. The molecule has 1 rings (SSSR count). The van der Waals surface area contributed by atoms with Gasteiger partial charge in [0.25, 0.3) is 0 Å². The van der Waals surface area contributed by atoms with Gasteiger partial charge < -0.3 is 15.7 Å². The quantitative estimate of drug-likeness (QED) is 0.687. The summed E-state index contributed by atoms with van der Waals surface area (Å²) in [5.41, 5.74) is 0. The summed E-state index contributed by atoms with van der Waals surface area (Å²) >= 11 is 0. The van der Waals surface area contributed by atoms with Crippen LogP contribution in [0.15, 0.2) is 0 Å². The zero-order valence-electron chi connectivity index (χ0n) is 10.5. The zero-order chi connectivity index (χ0) is 12.8. The number of amides is 2. The van der Waals surface area contributed by atoms with Crippen LogP contribution in [0.25, 0.3) is 0 Å². The standard InChI is InChI=1S/C12H22N2O3/c1-3-10(11(15)16)14-12(17)13-8(2)9-6-4-5-7-9/h8-10H,3-7H2,1-2H3,(H,15,16)(H2,13,14,17). The van der Waals surface area contributed by atoms with E-state index in [0.717, 1.165) is 12.8 Å². The maximum absolute atomic E-state index is 11.6. The molecule has 0 spiro atoms. The molecule has 5 nitrogen and oxygen atoms in total. The lowest BCUT2D eigenvalue weighted by atomic mass is 10.0. The van der Waals surface area contributed by atoms with Gasteiger partial charge >= 0.3 is 12.0 Å². The molecule has 0 bridgehead atoms. The van der Waals surface area contributed by atoms with Crippen molar-refractivity contribution < 1.29 is 14.7 Å². The second kappa shape index (κ2) is 6.47. The van der Waals surface area contributed by atoms with Crippen LogP contribution in [0.1, 0.15) is 46.0 Å². The molecule has 0 heterocycles. The van der Waals surface area contributed by atoms with Gasteiger partial charge in [-0.3, -0.25) is 0 Å². The van der Waals surface area contributed by atoms with E-state index in [9.17, 15) is 9.59 Å². The summed E-state index contributed by atoms with van der Waals surface area (Å²) in [6, 6.07) is -1.06. The maximum atomic E-state index is 11.6. The highest BCUT2D eigenvalue weighted by atomic mass is 16.4. The van der Waals surface area contributed by atoms with Gasteiger partial charge in [0, 0.05) is 6.04 Å². The van der Waals surface area contributed by atoms with Crippen molar-refractivity contribution in [3.63, 3.8) is 0 Å². The van der Waals surface area contributed by atoms with Gasteiger partial charge in [0.05, 0.1) is 0 Å². The second-order valence-electron chi connectivity index (χ2n) is 4.75. The molecule has 0 saturated heterocycles. The Morgan fingerprint density at radius 3 is 2.35 bits per heavy atom. The Morgan fingerprint density at radius 1 is 1.29 bits per heavy atom. The van der Waals surface area contributed by atoms with Crippen LogP contribution < -0.4 is 10.6 Å². The van der Waals surface area contributed by atoms with E-state index < -0.39 is 12.0 Å². The van der Waals surface area contributed by atoms with Crippen LogP contribution in [-0.2, 0) is 4.79 Å². The Bertz CT molecular complexity index is 275. The van der Waals surface area contributed by atoms with Crippen molar-refractivity contribution in [3.05, 3.63) is 0 Å². The van der Waals surface area contributed by atoms with E-state index >= 15 is 0 Å². The summed E-state index contributed by atoms with van der Waals surface area (Å²) in [7, 11) is 0. The number of hydrogen-bond donors (Lipinski definition) is 3. The monoisotopic (exact) mass is 242 g/mol. The van der Waals surface area contributed by atoms with E-state index in [1.165, 1.54) is 12.8 Å². The number of carbonyl (C=O) groups is 2. The van der Waals surface area contributed by atoms with Crippen molar-refractivity contribution in [2.24, 2.45) is 5.92 Å². The molecule has 1 aliphatic carbocycles. The Morgan fingerprint density at radius 2 is 1.88 bits per heavy atom. The molecule has 2 unspecified atom stereocenters. The lowest BCUT2D eigenvalue weighted by Crippen LogP contribution is -2.49. The van der Waals surface area contributed by atoms with Gasteiger partial charge in [-0.1, -0.05) is 19.8 Å². The fourth-order valence-electron chi connectivity index (χ4n) is 2.32. The summed E-state index contributed by atoms with van der Waals surface area (Å²) in [4.78, 5) is 22.4. The summed E-state index contributed by atoms with van der Waals surface area (Å²) < 4.78 is 0. The first-order valence-electron chi connectivity index (χ1n) is 6.34. The van der Waals surface area contributed by atoms with Crippen LogP contribution in [0.4, 0.5) is 4.79 Å². The van der Waals surface area contributed by atoms with Gasteiger partial charge in [-0.15, -0.1) is 0 Å². The molecule has 5 heteroatoms. The van der Waals surface area contributed by atoms with Crippen LogP contribution in [0.3, 0.4) is 0 Å². The Kier molecular flexibility index (Phi) is 5.25. The minimum absolute atomic E-state index is 0.115. The molecule has 1 saturated carbocycles. The van der Waals surface area contributed by atoms with Crippen LogP contribution in [0.5, 0.6) is 0 Å². The lowest BCUT2D eigenvalue weighted by molar-refractivity contribution is -0.139. The fraction of sp³-hybridized carbons (Fsp3) is 0.833. The smallest absolute Gasteiger partial charge is 0.326 e. The topological polar surface area (TPSA) is 78.4 Å². The van der Waals surface area contributed by atoms with E-state index in [1.807, 2.05) is 6.92 Å². The predicted molar refractivity (Wildman–Crippen MR) is 64.8 cm³/mol. The van der Waals surface area contributed by atoms with Crippen molar-refractivity contribution in [1.82, 2.24) is 10.6 Å². The van der Waals surface area contributed by atoms with E-state index in [1.54, 1.807) is 6.92 Å². The number of carboxylic acids is 1. The fourth-order valence-corrected chi connectivity index (χ4v) is 2.32. The van der Waals surface area contributed by atoms with Crippen molar-refractivity contribution in [3.8, 4) is 0 Å². The van der Waals surface area contributed by atoms with Crippen LogP contribution >= 0.6 is 0 Å². The molecule has 1 fully saturated rings. The number of rotatable bonds is 5. The predicted octanol–water partition coefficient (Wildman–Crippen LogP) is 1.73. The average molecular weight is 242 g/mol. The Balaban J connectivity index is 2.35. The molecule has 0 radical (unpaired) electrons. The average Bonchev–Trinajstić information content (AvgIpc) is 2.78. The molecular formula is C12H22N2O3. The summed E-state index contributed by atoms with van der Waals surface area (Å²) in [6.07, 6.45) is 5.14. The van der Waals surface area contributed by atoms with Crippen molar-refractivity contribution in [1.29, 1.82) is 0 Å². The summed E-state index contributed by atoms with van der Waals surface area (Å²) in [5, 5.41) is 14.1. The van der Waals surface area contributed by atoms with Gasteiger partial charge in [0.1, 0.15) is 6.04 Å². The van der Waals surface area contributed by atoms with Crippen molar-refractivity contribution in [2.75, 3.05) is 0 Å². The molecule has 3 N–H and O–H groups in total. The lowest BCUT2D eigenvalue weighted by Gasteiger charge is -2.22. The van der Waals surface area contributed by atoms with Crippen LogP contribution in [0, 0.1) is 5.92 Å². The number of aliphatic carboxylic acids is 1. The minimum atomic E-state index is -0.990. The molecule has 98 valence electrons. The molecule has 0 aliphatic heterocycles. The molecule has 1 aliphatic rings. The summed E-state index contributed by atoms with van der Waals surface area (Å²) in [5.74, 6) is -0.457. The van der Waals surface area contributed by atoms with Gasteiger partial charge in [-0.2, -0.15) is 0 Å². The van der Waals surface area contributed by atoms with E-state index in [0.29, 0.717) is 12.3 Å². The number of nitrogens with one attached hydrogen (secondary N) is 2. The van der Waals surface area contributed by atoms with Gasteiger partial charge in [-0.05, 0) is 32.1 Å². The molecule has 0 aromatic rings.